The monoisotopic (exact) mass is 448 g/mol. The van der Waals surface area contributed by atoms with Crippen LogP contribution in [0.25, 0.3) is 17.5 Å². The van der Waals surface area contributed by atoms with Crippen LogP contribution in [-0.4, -0.2) is 70.0 Å². The van der Waals surface area contributed by atoms with E-state index in [4.69, 9.17) is 16.3 Å². The van der Waals surface area contributed by atoms with E-state index in [1.165, 1.54) is 0 Å². The summed E-state index contributed by atoms with van der Waals surface area (Å²) in [6.45, 7) is 7.85. The second-order valence-electron chi connectivity index (χ2n) is 8.74. The summed E-state index contributed by atoms with van der Waals surface area (Å²) < 4.78 is 20.0. The number of morpholine rings is 1. The lowest BCUT2D eigenvalue weighted by atomic mass is 9.93. The molecule has 4 heterocycles. The van der Waals surface area contributed by atoms with Crippen molar-refractivity contribution in [2.45, 2.75) is 32.2 Å². The van der Waals surface area contributed by atoms with Gasteiger partial charge in [0.1, 0.15) is 5.49 Å². The molecule has 0 saturated carbocycles. The van der Waals surface area contributed by atoms with Crippen molar-refractivity contribution in [1.82, 2.24) is 19.9 Å². The van der Waals surface area contributed by atoms with Gasteiger partial charge in [0.05, 0.1) is 37.4 Å². The van der Waals surface area contributed by atoms with Crippen LogP contribution in [0.4, 0.5) is 10.2 Å². The van der Waals surface area contributed by atoms with Crippen LogP contribution >= 0.6 is 11.6 Å². The summed E-state index contributed by atoms with van der Waals surface area (Å²) in [6.07, 6.45) is 4.78. The lowest BCUT2D eigenvalue weighted by molar-refractivity contribution is -0.147. The number of carbonyl (C=O) groups excluding carboxylic acids is 1. The van der Waals surface area contributed by atoms with Crippen LogP contribution in [0.5, 0.6) is 0 Å². The number of carbonyl (C=O) groups is 1. The van der Waals surface area contributed by atoms with Gasteiger partial charge in [0.15, 0.2) is 17.5 Å². The van der Waals surface area contributed by atoms with Gasteiger partial charge in [-0.2, -0.15) is 0 Å². The largest absolute Gasteiger partial charge is 0.377 e. The van der Waals surface area contributed by atoms with Gasteiger partial charge < -0.3 is 19.9 Å². The van der Waals surface area contributed by atoms with Crippen molar-refractivity contribution in [1.29, 1.82) is 0 Å². The van der Waals surface area contributed by atoms with E-state index in [9.17, 15) is 9.18 Å². The molecule has 166 valence electrons. The molecule has 2 N–H and O–H groups in total. The summed E-state index contributed by atoms with van der Waals surface area (Å²) in [7, 11) is 0. The van der Waals surface area contributed by atoms with Gasteiger partial charge in [-0.15, -0.1) is 11.6 Å². The SMILES string of the molecule is CC(C)(C)C(=O)N1CCOCC1CNc1nc(-c2c[nH]c3c2=CC(Cl)CN=3)ncc1F. The summed E-state index contributed by atoms with van der Waals surface area (Å²) in [5, 5.41) is 3.64. The molecule has 0 spiro atoms. The van der Waals surface area contributed by atoms with Crippen molar-refractivity contribution in [2.24, 2.45) is 10.4 Å². The van der Waals surface area contributed by atoms with Gasteiger partial charge in [0.2, 0.25) is 5.91 Å². The number of amides is 1. The third-order valence-corrected chi connectivity index (χ3v) is 5.55. The molecule has 2 unspecified atom stereocenters. The molecule has 1 fully saturated rings. The maximum absolute atomic E-state index is 14.5. The van der Waals surface area contributed by atoms with Gasteiger partial charge in [-0.25, -0.2) is 14.4 Å². The molecule has 1 saturated heterocycles. The Morgan fingerprint density at radius 3 is 3.03 bits per heavy atom. The maximum atomic E-state index is 14.5. The van der Waals surface area contributed by atoms with Crippen LogP contribution in [0.2, 0.25) is 0 Å². The number of hydrogen-bond donors (Lipinski definition) is 2. The van der Waals surface area contributed by atoms with Crippen molar-refractivity contribution < 1.29 is 13.9 Å². The highest BCUT2D eigenvalue weighted by molar-refractivity contribution is 6.24. The smallest absolute Gasteiger partial charge is 0.228 e. The minimum Gasteiger partial charge on any atom is -0.377 e. The molecule has 4 rings (SSSR count). The molecule has 8 nitrogen and oxygen atoms in total. The molecule has 0 aliphatic carbocycles. The summed E-state index contributed by atoms with van der Waals surface area (Å²) in [5.41, 5.74) is 0.917. The van der Waals surface area contributed by atoms with Gasteiger partial charge >= 0.3 is 0 Å². The lowest BCUT2D eigenvalue weighted by Crippen LogP contribution is -2.54. The average molecular weight is 449 g/mol. The minimum atomic E-state index is -0.567. The topological polar surface area (TPSA) is 95.5 Å². The number of rotatable bonds is 4. The fraction of sp³-hybridized carbons (Fsp3) is 0.524. The number of fused-ring (bicyclic) bond motifs is 1. The molecule has 31 heavy (non-hydrogen) atoms. The molecule has 2 atom stereocenters. The third kappa shape index (κ3) is 4.57. The summed E-state index contributed by atoms with van der Waals surface area (Å²) in [4.78, 5) is 30.6. The molecular weight excluding hydrogens is 423 g/mol. The number of H-pyrrole nitrogens is 1. The first-order valence-corrected chi connectivity index (χ1v) is 10.7. The van der Waals surface area contributed by atoms with E-state index in [0.29, 0.717) is 49.7 Å². The molecule has 10 heteroatoms. The Kier molecular flexibility index (Phi) is 5.98. The van der Waals surface area contributed by atoms with Crippen molar-refractivity contribution >= 4 is 29.4 Å². The predicted molar refractivity (Wildman–Crippen MR) is 116 cm³/mol. The zero-order valence-corrected chi connectivity index (χ0v) is 18.5. The van der Waals surface area contributed by atoms with Crippen LogP contribution in [-0.2, 0) is 9.53 Å². The summed E-state index contributed by atoms with van der Waals surface area (Å²) >= 11 is 6.20. The number of nitrogens with zero attached hydrogens (tertiary/aromatic N) is 4. The normalized spacial score (nSPS) is 21.1. The molecule has 2 aliphatic rings. The Morgan fingerprint density at radius 2 is 2.26 bits per heavy atom. The first kappa shape index (κ1) is 21.7. The van der Waals surface area contributed by atoms with E-state index in [0.717, 1.165) is 11.4 Å². The second-order valence-corrected chi connectivity index (χ2v) is 9.30. The molecular formula is C21H26ClFN6O2. The van der Waals surface area contributed by atoms with Gasteiger partial charge in [-0.3, -0.25) is 9.79 Å². The number of aromatic nitrogens is 3. The van der Waals surface area contributed by atoms with Crippen molar-refractivity contribution in [2.75, 3.05) is 38.2 Å². The number of anilines is 1. The Bertz CT molecular complexity index is 1100. The molecule has 0 bridgehead atoms. The highest BCUT2D eigenvalue weighted by Gasteiger charge is 2.34. The van der Waals surface area contributed by atoms with E-state index < -0.39 is 11.2 Å². The molecule has 0 aromatic carbocycles. The Balaban J connectivity index is 1.56. The molecule has 2 aliphatic heterocycles. The fourth-order valence-corrected chi connectivity index (χ4v) is 3.87. The van der Waals surface area contributed by atoms with Crippen LogP contribution in [0.1, 0.15) is 20.8 Å². The number of ether oxygens (including phenoxy) is 1. The number of hydrogen-bond acceptors (Lipinski definition) is 6. The Labute approximate surface area is 184 Å². The fourth-order valence-electron chi connectivity index (χ4n) is 3.68. The molecule has 0 radical (unpaired) electrons. The number of aromatic amines is 1. The van der Waals surface area contributed by atoms with E-state index in [-0.39, 0.29) is 23.1 Å². The van der Waals surface area contributed by atoms with E-state index >= 15 is 0 Å². The highest BCUT2D eigenvalue weighted by Crippen LogP contribution is 2.22. The lowest BCUT2D eigenvalue weighted by Gasteiger charge is -2.39. The maximum Gasteiger partial charge on any atom is 0.228 e. The van der Waals surface area contributed by atoms with Gasteiger partial charge in [-0.1, -0.05) is 26.8 Å². The third-order valence-electron chi connectivity index (χ3n) is 5.29. The zero-order valence-electron chi connectivity index (χ0n) is 17.8. The van der Waals surface area contributed by atoms with Crippen LogP contribution < -0.4 is 16.0 Å². The summed E-state index contributed by atoms with van der Waals surface area (Å²) in [5.74, 6) is -0.0900. The van der Waals surface area contributed by atoms with Crippen molar-refractivity contribution in [3.05, 3.63) is 28.9 Å². The number of nitrogens with one attached hydrogen (secondary N) is 2. The first-order valence-electron chi connectivity index (χ1n) is 10.3. The van der Waals surface area contributed by atoms with Crippen LogP contribution in [0.3, 0.4) is 0 Å². The van der Waals surface area contributed by atoms with Crippen molar-refractivity contribution in [3.63, 3.8) is 0 Å². The Hall–Kier alpha value is -2.52. The number of alkyl halides is 1. The van der Waals surface area contributed by atoms with Crippen LogP contribution in [0.15, 0.2) is 17.4 Å². The average Bonchev–Trinajstić information content (AvgIpc) is 3.15. The highest BCUT2D eigenvalue weighted by atomic mass is 35.5. The van der Waals surface area contributed by atoms with Crippen molar-refractivity contribution in [3.8, 4) is 11.4 Å². The summed E-state index contributed by atoms with van der Waals surface area (Å²) in [6, 6.07) is -0.220. The molecule has 2 aromatic rings. The zero-order chi connectivity index (χ0) is 22.2. The van der Waals surface area contributed by atoms with Crippen LogP contribution in [0, 0.1) is 11.2 Å². The standard InChI is InChI=1S/C21H26ClFN6O2/c1-21(2,3)20(30)29-4-5-31-11-13(29)8-25-19-16(23)10-27-18(28-19)15-9-26-17-14(15)6-12(22)7-24-17/h6,9-10,12-13H,4-5,7-8,11H2,1-3H3,(H,24,26)(H,25,27,28). The first-order chi connectivity index (χ1) is 14.7. The van der Waals surface area contributed by atoms with Gasteiger partial charge in [0, 0.05) is 35.5 Å². The number of halogens is 2. The minimum absolute atomic E-state index is 0.0420. The van der Waals surface area contributed by atoms with Gasteiger partial charge in [-0.05, 0) is 0 Å². The quantitative estimate of drug-likeness (QED) is 0.688. The van der Waals surface area contributed by atoms with E-state index in [1.807, 2.05) is 26.8 Å². The predicted octanol–water partition coefficient (Wildman–Crippen LogP) is 1.32. The van der Waals surface area contributed by atoms with E-state index in [2.05, 4.69) is 25.3 Å². The Morgan fingerprint density at radius 1 is 1.45 bits per heavy atom. The molecule has 1 amide bonds. The van der Waals surface area contributed by atoms with E-state index in [1.54, 1.807) is 11.1 Å². The second kappa shape index (κ2) is 8.55. The van der Waals surface area contributed by atoms with Gasteiger partial charge in [0.25, 0.3) is 0 Å². The molecule has 2 aromatic heterocycles.